The van der Waals surface area contributed by atoms with Gasteiger partial charge in [0.1, 0.15) is 0 Å². The Morgan fingerprint density at radius 2 is 1.83 bits per heavy atom. The number of fused-ring (bicyclic) bond motifs is 1. The molecule has 0 saturated carbocycles. The van der Waals surface area contributed by atoms with E-state index in [4.69, 9.17) is 0 Å². The quantitative estimate of drug-likeness (QED) is 0.544. The largest absolute Gasteiger partial charge is 0.308 e. The molecule has 3 aromatic rings. The summed E-state index contributed by atoms with van der Waals surface area (Å²) in [6.45, 7) is 2.34. The molecule has 1 atom stereocenters. The molecule has 29 heavy (non-hydrogen) atoms. The normalized spacial score (nSPS) is 12.6. The highest BCUT2D eigenvalue weighted by atomic mass is 32.2. The van der Waals surface area contributed by atoms with Crippen molar-refractivity contribution in [3.63, 3.8) is 0 Å². The number of carbonyl (C=O) groups is 1. The molecule has 8 nitrogen and oxygen atoms in total. The summed E-state index contributed by atoms with van der Waals surface area (Å²) < 4.78 is 26.2. The van der Waals surface area contributed by atoms with Crippen LogP contribution in [0.1, 0.15) is 23.3 Å². The average molecular weight is 414 g/mol. The third-order valence-electron chi connectivity index (χ3n) is 4.37. The lowest BCUT2D eigenvalue weighted by atomic mass is 10.1. The van der Waals surface area contributed by atoms with Gasteiger partial charge in [-0.25, -0.2) is 13.1 Å². The van der Waals surface area contributed by atoms with Gasteiger partial charge in [0.15, 0.2) is 5.78 Å². The van der Waals surface area contributed by atoms with Gasteiger partial charge >= 0.3 is 0 Å². The lowest BCUT2D eigenvalue weighted by molar-refractivity contribution is 0.0990. The van der Waals surface area contributed by atoms with Crippen molar-refractivity contribution in [3.05, 3.63) is 70.6 Å². The Bertz CT molecular complexity index is 1190. The molecular formula is C20H22N4O4S. The minimum absolute atomic E-state index is 0.0888. The molecule has 0 bridgehead atoms. The Morgan fingerprint density at radius 1 is 1.14 bits per heavy atom. The number of Topliss-reactive ketones (excluding diaryl/α,β-unsaturated/α-hetero) is 1. The molecule has 152 valence electrons. The molecule has 0 aliphatic heterocycles. The van der Waals surface area contributed by atoms with Gasteiger partial charge in [-0.15, -0.1) is 0 Å². The van der Waals surface area contributed by atoms with E-state index in [-0.39, 0.29) is 23.9 Å². The summed E-state index contributed by atoms with van der Waals surface area (Å²) in [6.07, 6.45) is 2.72. The fourth-order valence-electron chi connectivity index (χ4n) is 2.94. The van der Waals surface area contributed by atoms with Crippen LogP contribution in [-0.4, -0.2) is 43.3 Å². The molecule has 2 aromatic carbocycles. The number of anilines is 1. The SMILES string of the molecule is CC(CNCC(=O)c1ccc(NS(C)(=O)=O)cc1)n1ncc2ccccc2c1=O. The fraction of sp³-hybridized carbons (Fsp3) is 0.250. The van der Waals surface area contributed by atoms with Crippen LogP contribution in [0.3, 0.4) is 0 Å². The second-order valence-electron chi connectivity index (χ2n) is 6.84. The van der Waals surface area contributed by atoms with Gasteiger partial charge in [0.2, 0.25) is 10.0 Å². The molecule has 0 amide bonds. The number of carbonyl (C=O) groups excluding carboxylic acids is 1. The standard InChI is InChI=1S/C20H22N4O4S/c1-14(24-20(26)18-6-4-3-5-16(18)12-22-24)11-21-13-19(25)15-7-9-17(10-8-15)23-29(2,27)28/h3-10,12,14,21,23H,11,13H2,1-2H3. The van der Waals surface area contributed by atoms with E-state index in [0.29, 0.717) is 23.2 Å². The summed E-state index contributed by atoms with van der Waals surface area (Å²) in [5, 5.41) is 8.67. The number of aromatic nitrogens is 2. The third-order valence-corrected chi connectivity index (χ3v) is 4.98. The molecule has 2 N–H and O–H groups in total. The number of nitrogens with zero attached hydrogens (tertiary/aromatic N) is 2. The van der Waals surface area contributed by atoms with Crippen molar-refractivity contribution in [1.82, 2.24) is 15.1 Å². The van der Waals surface area contributed by atoms with Crippen molar-refractivity contribution in [1.29, 1.82) is 0 Å². The van der Waals surface area contributed by atoms with Crippen LogP contribution in [0.2, 0.25) is 0 Å². The third kappa shape index (κ3) is 5.27. The molecule has 1 unspecified atom stereocenters. The maximum atomic E-state index is 12.6. The first kappa shape index (κ1) is 20.7. The molecule has 1 heterocycles. The van der Waals surface area contributed by atoms with Crippen LogP contribution in [-0.2, 0) is 10.0 Å². The number of ketones is 1. The van der Waals surface area contributed by atoms with Crippen LogP contribution in [0.5, 0.6) is 0 Å². The summed E-state index contributed by atoms with van der Waals surface area (Å²) in [5.74, 6) is -0.137. The molecule has 0 radical (unpaired) electrons. The van der Waals surface area contributed by atoms with E-state index in [1.807, 2.05) is 25.1 Å². The Morgan fingerprint density at radius 3 is 2.52 bits per heavy atom. The van der Waals surface area contributed by atoms with Crippen LogP contribution >= 0.6 is 0 Å². The van der Waals surface area contributed by atoms with Gasteiger partial charge in [-0.1, -0.05) is 18.2 Å². The predicted molar refractivity (Wildman–Crippen MR) is 113 cm³/mol. The van der Waals surface area contributed by atoms with Crippen molar-refractivity contribution in [2.45, 2.75) is 13.0 Å². The van der Waals surface area contributed by atoms with Crippen LogP contribution < -0.4 is 15.6 Å². The number of rotatable bonds is 8. The zero-order chi connectivity index (χ0) is 21.0. The highest BCUT2D eigenvalue weighted by Crippen LogP contribution is 2.12. The molecule has 0 aliphatic carbocycles. The number of sulfonamides is 1. The predicted octanol–water partition coefficient (Wildman–Crippen LogP) is 1.80. The van der Waals surface area contributed by atoms with E-state index in [1.54, 1.807) is 24.4 Å². The van der Waals surface area contributed by atoms with Gasteiger partial charge < -0.3 is 5.32 Å². The van der Waals surface area contributed by atoms with Crippen molar-refractivity contribution < 1.29 is 13.2 Å². The zero-order valence-electron chi connectivity index (χ0n) is 16.1. The second-order valence-corrected chi connectivity index (χ2v) is 8.58. The van der Waals surface area contributed by atoms with Gasteiger partial charge in [-0.3, -0.25) is 14.3 Å². The number of hydrogen-bond donors (Lipinski definition) is 2. The molecular weight excluding hydrogens is 392 g/mol. The maximum absolute atomic E-state index is 12.6. The van der Waals surface area contributed by atoms with E-state index in [2.05, 4.69) is 15.1 Å². The molecule has 3 rings (SSSR count). The van der Waals surface area contributed by atoms with E-state index >= 15 is 0 Å². The number of nitrogens with one attached hydrogen (secondary N) is 2. The number of benzene rings is 2. The second kappa shape index (κ2) is 8.54. The van der Waals surface area contributed by atoms with Gasteiger partial charge in [-0.05, 0) is 37.3 Å². The van der Waals surface area contributed by atoms with Gasteiger partial charge in [0.25, 0.3) is 5.56 Å². The molecule has 9 heteroatoms. The van der Waals surface area contributed by atoms with E-state index in [9.17, 15) is 18.0 Å². The van der Waals surface area contributed by atoms with Gasteiger partial charge in [-0.2, -0.15) is 5.10 Å². The highest BCUT2D eigenvalue weighted by molar-refractivity contribution is 7.92. The van der Waals surface area contributed by atoms with Crippen LogP contribution in [0.25, 0.3) is 10.8 Å². The van der Waals surface area contributed by atoms with E-state index in [1.165, 1.54) is 16.8 Å². The molecule has 0 spiro atoms. The molecule has 0 saturated heterocycles. The van der Waals surface area contributed by atoms with Crippen LogP contribution in [0.15, 0.2) is 59.5 Å². The van der Waals surface area contributed by atoms with Crippen molar-refractivity contribution >= 4 is 32.3 Å². The summed E-state index contributed by atoms with van der Waals surface area (Å²) >= 11 is 0. The fourth-order valence-corrected chi connectivity index (χ4v) is 3.50. The lowest BCUT2D eigenvalue weighted by Crippen LogP contribution is -2.34. The topological polar surface area (TPSA) is 110 Å². The first-order chi connectivity index (χ1) is 13.7. The van der Waals surface area contributed by atoms with Crippen LogP contribution in [0, 0.1) is 0 Å². The summed E-state index contributed by atoms with van der Waals surface area (Å²) in [5.41, 5.74) is 0.690. The minimum atomic E-state index is -3.36. The first-order valence-corrected chi connectivity index (χ1v) is 10.9. The Hall–Kier alpha value is -3.04. The van der Waals surface area contributed by atoms with Crippen molar-refractivity contribution in [2.75, 3.05) is 24.1 Å². The van der Waals surface area contributed by atoms with Crippen molar-refractivity contribution in [2.24, 2.45) is 0 Å². The van der Waals surface area contributed by atoms with Crippen LogP contribution in [0.4, 0.5) is 5.69 Å². The Kier molecular flexibility index (Phi) is 6.09. The maximum Gasteiger partial charge on any atom is 0.274 e. The number of hydrogen-bond acceptors (Lipinski definition) is 6. The smallest absolute Gasteiger partial charge is 0.274 e. The monoisotopic (exact) mass is 414 g/mol. The summed E-state index contributed by atoms with van der Waals surface area (Å²) in [4.78, 5) is 24.9. The van der Waals surface area contributed by atoms with Gasteiger partial charge in [0, 0.05) is 23.2 Å². The molecule has 0 aliphatic rings. The Balaban J connectivity index is 1.59. The molecule has 0 fully saturated rings. The summed E-state index contributed by atoms with van der Waals surface area (Å²) in [6, 6.07) is 13.2. The zero-order valence-corrected chi connectivity index (χ0v) is 16.9. The lowest BCUT2D eigenvalue weighted by Gasteiger charge is -2.15. The summed E-state index contributed by atoms with van der Waals surface area (Å²) in [7, 11) is -3.36. The molecule has 1 aromatic heterocycles. The Labute approximate surface area is 168 Å². The van der Waals surface area contributed by atoms with Gasteiger partial charge in [0.05, 0.1) is 30.4 Å². The van der Waals surface area contributed by atoms with E-state index < -0.39 is 10.0 Å². The van der Waals surface area contributed by atoms with Crippen molar-refractivity contribution in [3.8, 4) is 0 Å². The average Bonchev–Trinajstić information content (AvgIpc) is 2.67. The first-order valence-electron chi connectivity index (χ1n) is 9.03. The van der Waals surface area contributed by atoms with E-state index in [0.717, 1.165) is 11.6 Å². The minimum Gasteiger partial charge on any atom is -0.308 e. The highest BCUT2D eigenvalue weighted by Gasteiger charge is 2.12.